The number of nitrogens with two attached hydrogens (primary N) is 3. The van der Waals surface area contributed by atoms with Crippen LogP contribution in [0.2, 0.25) is 0 Å². The van der Waals surface area contributed by atoms with Gasteiger partial charge in [-0.1, -0.05) is 12.8 Å². The second kappa shape index (κ2) is 18.1. The Morgan fingerprint density at radius 2 is 1.40 bits per heavy atom. The maximum absolute atomic E-state index is 12.2. The molecule has 3 atom stereocenters. The summed E-state index contributed by atoms with van der Waals surface area (Å²) in [4.78, 5) is 36.0. The molecule has 0 saturated carbocycles. The Balaban J connectivity index is 4.16. The monoisotopic (exact) mass is 429 g/mol. The van der Waals surface area contributed by atoms with E-state index in [1.54, 1.807) is 7.05 Å². The Labute approximate surface area is 180 Å². The smallest absolute Gasteiger partial charge is 0.240 e. The molecule has 0 bridgehead atoms. The lowest BCUT2D eigenvalue weighted by Crippen LogP contribution is -2.50. The Morgan fingerprint density at radius 3 is 1.97 bits per heavy atom. The van der Waals surface area contributed by atoms with Crippen molar-refractivity contribution in [2.45, 2.75) is 75.9 Å². The highest BCUT2D eigenvalue weighted by atomic mass is 16.2. The fourth-order valence-electron chi connectivity index (χ4n) is 3.07. The van der Waals surface area contributed by atoms with Crippen molar-refractivity contribution in [3.63, 3.8) is 0 Å². The highest BCUT2D eigenvalue weighted by Crippen LogP contribution is 2.04. The number of unbranched alkanes of at least 4 members (excludes halogenated alkanes) is 3. The molecular weight excluding hydrogens is 386 g/mol. The first-order valence-electron chi connectivity index (χ1n) is 11.0. The van der Waals surface area contributed by atoms with Gasteiger partial charge in [0.05, 0.1) is 12.1 Å². The van der Waals surface area contributed by atoms with Gasteiger partial charge in [-0.2, -0.15) is 0 Å². The minimum atomic E-state index is -0.758. The number of rotatable bonds is 19. The van der Waals surface area contributed by atoms with E-state index in [0.29, 0.717) is 38.8 Å². The molecule has 3 unspecified atom stereocenters. The minimum absolute atomic E-state index is 0.0230. The number of nitrogens with one attached hydrogen (secondary N) is 4. The summed E-state index contributed by atoms with van der Waals surface area (Å²) in [5, 5.41) is 11.7. The molecule has 0 radical (unpaired) electrons. The summed E-state index contributed by atoms with van der Waals surface area (Å²) >= 11 is 0. The van der Waals surface area contributed by atoms with Crippen LogP contribution in [0.1, 0.15) is 57.8 Å². The van der Waals surface area contributed by atoms with E-state index in [9.17, 15) is 14.4 Å². The van der Waals surface area contributed by atoms with Crippen molar-refractivity contribution < 1.29 is 14.4 Å². The van der Waals surface area contributed by atoms with Crippen molar-refractivity contribution in [1.29, 1.82) is 0 Å². The fourth-order valence-corrected chi connectivity index (χ4v) is 3.07. The number of hydrogen-bond donors (Lipinski definition) is 7. The average molecular weight is 430 g/mol. The van der Waals surface area contributed by atoms with E-state index in [-0.39, 0.29) is 17.9 Å². The van der Waals surface area contributed by atoms with E-state index >= 15 is 0 Å². The van der Waals surface area contributed by atoms with Crippen LogP contribution in [0.5, 0.6) is 0 Å². The summed E-state index contributed by atoms with van der Waals surface area (Å²) in [6, 6.07) is -1.64. The first-order valence-corrected chi connectivity index (χ1v) is 11.0. The normalized spacial score (nSPS) is 14.0. The highest BCUT2D eigenvalue weighted by Gasteiger charge is 2.21. The third kappa shape index (κ3) is 13.5. The van der Waals surface area contributed by atoms with Gasteiger partial charge in [-0.15, -0.1) is 0 Å². The second-order valence-corrected chi connectivity index (χ2v) is 7.58. The van der Waals surface area contributed by atoms with Gasteiger partial charge in [0.2, 0.25) is 17.7 Å². The Morgan fingerprint density at radius 1 is 0.800 bits per heavy atom. The summed E-state index contributed by atoms with van der Waals surface area (Å²) < 4.78 is 0. The second-order valence-electron chi connectivity index (χ2n) is 7.58. The van der Waals surface area contributed by atoms with Gasteiger partial charge in [0.15, 0.2) is 0 Å². The molecule has 10 heteroatoms. The quantitative estimate of drug-likeness (QED) is 0.124. The van der Waals surface area contributed by atoms with Crippen molar-refractivity contribution in [2.75, 3.05) is 33.7 Å². The molecule has 176 valence electrons. The van der Waals surface area contributed by atoms with Crippen LogP contribution in [-0.2, 0) is 14.4 Å². The van der Waals surface area contributed by atoms with Gasteiger partial charge in [0.1, 0.15) is 6.04 Å². The van der Waals surface area contributed by atoms with E-state index in [4.69, 9.17) is 17.2 Å². The van der Waals surface area contributed by atoms with Crippen LogP contribution in [0.25, 0.3) is 0 Å². The maximum Gasteiger partial charge on any atom is 0.240 e. The molecule has 10 nitrogen and oxygen atoms in total. The third-order valence-electron chi connectivity index (χ3n) is 5.02. The molecule has 0 aliphatic heterocycles. The number of likely N-dealkylation sites (N-methyl/N-ethyl adjacent to an activating group) is 1. The number of hydrogen-bond acceptors (Lipinski definition) is 7. The molecule has 0 aromatic rings. The maximum atomic E-state index is 12.2. The molecule has 10 N–H and O–H groups in total. The van der Waals surface area contributed by atoms with E-state index in [1.165, 1.54) is 0 Å². The standard InChI is InChI=1S/C20H43N7O3/c1-24-13-7-4-11-17(25-2)20(30)26-14-8-5-10-16(18(23)28)27-19(29)15(22)9-3-6-12-21/h15-17,24-25H,3-14,21-22H2,1-2H3,(H2,23,28)(H,26,30)(H,27,29). The number of primary amides is 1. The molecule has 0 aromatic heterocycles. The molecule has 0 saturated heterocycles. The molecule has 0 fully saturated rings. The molecule has 30 heavy (non-hydrogen) atoms. The SMILES string of the molecule is CNCCCCC(NC)C(=O)NCCCCC(NC(=O)C(N)CCCCN)C(N)=O. The average Bonchev–Trinajstić information content (AvgIpc) is 2.72. The Kier molecular flexibility index (Phi) is 17.0. The predicted molar refractivity (Wildman–Crippen MR) is 119 cm³/mol. The van der Waals surface area contributed by atoms with Crippen LogP contribution in [0.3, 0.4) is 0 Å². The Hall–Kier alpha value is -1.75. The lowest BCUT2D eigenvalue weighted by Gasteiger charge is -2.19. The fraction of sp³-hybridized carbons (Fsp3) is 0.850. The number of amides is 3. The van der Waals surface area contributed by atoms with Crippen LogP contribution in [0.15, 0.2) is 0 Å². The van der Waals surface area contributed by atoms with Gasteiger partial charge in [-0.05, 0) is 72.1 Å². The van der Waals surface area contributed by atoms with Crippen LogP contribution in [0, 0.1) is 0 Å². The van der Waals surface area contributed by atoms with Gasteiger partial charge in [0.25, 0.3) is 0 Å². The van der Waals surface area contributed by atoms with Gasteiger partial charge in [0, 0.05) is 6.54 Å². The topological polar surface area (TPSA) is 177 Å². The van der Waals surface area contributed by atoms with Crippen molar-refractivity contribution in [3.05, 3.63) is 0 Å². The molecule has 3 amide bonds. The molecule has 0 heterocycles. The lowest BCUT2D eigenvalue weighted by atomic mass is 10.1. The zero-order valence-corrected chi connectivity index (χ0v) is 18.7. The first-order chi connectivity index (χ1) is 14.4. The van der Waals surface area contributed by atoms with E-state index in [1.807, 2.05) is 7.05 Å². The molecule has 0 aliphatic rings. The van der Waals surface area contributed by atoms with Gasteiger partial charge < -0.3 is 38.5 Å². The zero-order valence-electron chi connectivity index (χ0n) is 18.7. The zero-order chi connectivity index (χ0) is 22.8. The van der Waals surface area contributed by atoms with E-state index in [2.05, 4.69) is 21.3 Å². The third-order valence-corrected chi connectivity index (χ3v) is 5.02. The van der Waals surface area contributed by atoms with Gasteiger partial charge in [-0.25, -0.2) is 0 Å². The van der Waals surface area contributed by atoms with Gasteiger partial charge >= 0.3 is 0 Å². The first kappa shape index (κ1) is 28.2. The number of carbonyl (C=O) groups is 3. The van der Waals surface area contributed by atoms with Crippen molar-refractivity contribution >= 4 is 17.7 Å². The van der Waals surface area contributed by atoms with Crippen LogP contribution < -0.4 is 38.5 Å². The predicted octanol–water partition coefficient (Wildman–Crippen LogP) is -1.32. The van der Waals surface area contributed by atoms with Crippen LogP contribution in [0.4, 0.5) is 0 Å². The summed E-state index contributed by atoms with van der Waals surface area (Å²) in [7, 11) is 3.69. The molecule has 0 aliphatic carbocycles. The minimum Gasteiger partial charge on any atom is -0.368 e. The Bertz CT molecular complexity index is 491. The molecular formula is C20H43N7O3. The van der Waals surface area contributed by atoms with E-state index in [0.717, 1.165) is 38.6 Å². The van der Waals surface area contributed by atoms with Crippen molar-refractivity contribution in [2.24, 2.45) is 17.2 Å². The summed E-state index contributed by atoms with van der Waals surface area (Å²) in [5.41, 5.74) is 16.7. The molecule has 0 aromatic carbocycles. The molecule has 0 rings (SSSR count). The number of carbonyl (C=O) groups excluding carboxylic acids is 3. The van der Waals surface area contributed by atoms with Crippen molar-refractivity contribution in [1.82, 2.24) is 21.3 Å². The van der Waals surface area contributed by atoms with Crippen LogP contribution >= 0.6 is 0 Å². The molecule has 0 spiro atoms. The highest BCUT2D eigenvalue weighted by molar-refractivity contribution is 5.88. The lowest BCUT2D eigenvalue weighted by molar-refractivity contribution is -0.128. The largest absolute Gasteiger partial charge is 0.368 e. The summed E-state index contributed by atoms with van der Waals surface area (Å²) in [5.74, 6) is -0.984. The summed E-state index contributed by atoms with van der Waals surface area (Å²) in [6.07, 6.45) is 6.59. The van der Waals surface area contributed by atoms with Crippen LogP contribution in [-0.4, -0.2) is 69.6 Å². The summed E-state index contributed by atoms with van der Waals surface area (Å²) in [6.45, 7) is 2.00. The van der Waals surface area contributed by atoms with E-state index < -0.39 is 18.0 Å². The van der Waals surface area contributed by atoms with Gasteiger partial charge in [-0.3, -0.25) is 14.4 Å². The van der Waals surface area contributed by atoms with Crippen molar-refractivity contribution in [3.8, 4) is 0 Å².